The summed E-state index contributed by atoms with van der Waals surface area (Å²) < 4.78 is 5.37. The van der Waals surface area contributed by atoms with Crippen LogP contribution in [0.15, 0.2) is 12.1 Å². The van der Waals surface area contributed by atoms with Crippen LogP contribution in [0.1, 0.15) is 52.0 Å². The number of fused-ring (bicyclic) bond motifs is 3. The van der Waals surface area contributed by atoms with Crippen LogP contribution in [0.2, 0.25) is 0 Å². The van der Waals surface area contributed by atoms with Gasteiger partial charge in [0, 0.05) is 31.1 Å². The summed E-state index contributed by atoms with van der Waals surface area (Å²) in [4.78, 5) is 81.0. The Morgan fingerprint density at radius 1 is 1.10 bits per heavy atom. The van der Waals surface area contributed by atoms with Crippen LogP contribution in [0.3, 0.4) is 0 Å². The maximum Gasteiger partial charge on any atom is 0.235 e. The number of aromatic hydroxyl groups is 1. The van der Waals surface area contributed by atoms with E-state index in [0.717, 1.165) is 12.8 Å². The molecule has 11 nitrogen and oxygen atoms in total. The normalized spacial score (nSPS) is 33.0. The predicted molar refractivity (Wildman–Crippen MR) is 134 cm³/mol. The fraction of sp³-hybridized carbons (Fsp3) is 0.571. The molecule has 1 aliphatic heterocycles. The van der Waals surface area contributed by atoms with E-state index in [1.165, 1.54) is 31.1 Å². The second kappa shape index (κ2) is 9.72. The number of nitrogens with two attached hydrogens (primary N) is 1. The highest BCUT2D eigenvalue weighted by Gasteiger charge is 2.69. The average molecular weight is 541 g/mol. The highest BCUT2D eigenvalue weighted by molar-refractivity contribution is 6.32. The number of hydrogen-bond acceptors (Lipinski definition) is 10. The summed E-state index contributed by atoms with van der Waals surface area (Å²) in [7, 11) is 3.06. The minimum absolute atomic E-state index is 0.0624. The predicted octanol–water partition coefficient (Wildman–Crippen LogP) is -0.134. The Balaban J connectivity index is 1.56. The lowest BCUT2D eigenvalue weighted by atomic mass is 9.52. The first-order valence-corrected chi connectivity index (χ1v) is 13.2. The molecule has 0 spiro atoms. The van der Waals surface area contributed by atoms with Gasteiger partial charge in [-0.15, -0.1) is 0 Å². The van der Waals surface area contributed by atoms with Crippen molar-refractivity contribution in [1.82, 2.24) is 4.90 Å². The van der Waals surface area contributed by atoms with E-state index in [4.69, 9.17) is 10.5 Å². The van der Waals surface area contributed by atoms with Gasteiger partial charge in [-0.2, -0.15) is 0 Å². The van der Waals surface area contributed by atoms with Gasteiger partial charge in [0.1, 0.15) is 5.75 Å². The molecular formula is C28H32N2O9. The minimum Gasteiger partial charge on any atom is -0.507 e. The highest BCUT2D eigenvalue weighted by Crippen LogP contribution is 2.51. The zero-order chi connectivity index (χ0) is 28.4. The van der Waals surface area contributed by atoms with Crippen LogP contribution in [0, 0.1) is 29.6 Å². The topological polar surface area (TPSA) is 181 Å². The Kier molecular flexibility index (Phi) is 6.80. The Labute approximate surface area is 224 Å². The van der Waals surface area contributed by atoms with Gasteiger partial charge in [-0.05, 0) is 69.3 Å². The Bertz CT molecular complexity index is 1300. The van der Waals surface area contributed by atoms with E-state index in [2.05, 4.69) is 0 Å². The first-order chi connectivity index (χ1) is 18.4. The second-order valence-corrected chi connectivity index (χ2v) is 11.5. The van der Waals surface area contributed by atoms with E-state index in [9.17, 15) is 39.0 Å². The van der Waals surface area contributed by atoms with Crippen LogP contribution >= 0.6 is 0 Å². The van der Waals surface area contributed by atoms with E-state index >= 15 is 0 Å². The van der Waals surface area contributed by atoms with Gasteiger partial charge in [-0.3, -0.25) is 33.7 Å². The number of carbonyl (C=O) groups excluding carboxylic acids is 6. The van der Waals surface area contributed by atoms with Gasteiger partial charge in [-0.1, -0.05) is 0 Å². The smallest absolute Gasteiger partial charge is 0.235 e. The van der Waals surface area contributed by atoms with Crippen molar-refractivity contribution in [1.29, 1.82) is 0 Å². The average Bonchev–Trinajstić information content (AvgIpc) is 2.86. The first kappa shape index (κ1) is 27.3. The van der Waals surface area contributed by atoms with Crippen molar-refractivity contribution in [2.24, 2.45) is 35.3 Å². The summed E-state index contributed by atoms with van der Waals surface area (Å²) >= 11 is 0. The number of amides is 1. The van der Waals surface area contributed by atoms with Crippen molar-refractivity contribution < 1.29 is 43.7 Å². The molecule has 0 aromatic heterocycles. The van der Waals surface area contributed by atoms with Crippen LogP contribution in [0.5, 0.6) is 5.75 Å². The van der Waals surface area contributed by atoms with Crippen molar-refractivity contribution in [3.05, 3.63) is 28.8 Å². The van der Waals surface area contributed by atoms with Crippen LogP contribution in [0.4, 0.5) is 0 Å². The van der Waals surface area contributed by atoms with Crippen LogP contribution < -0.4 is 5.73 Å². The van der Waals surface area contributed by atoms with Gasteiger partial charge in [0.05, 0.1) is 17.5 Å². The molecule has 1 aromatic carbocycles. The highest BCUT2D eigenvalue weighted by atomic mass is 16.5. The number of Topliss-reactive ketones (excluding diaryl/α,β-unsaturated/α-hetero) is 5. The number of hydrogen-bond donors (Lipinski definition) is 3. The molecule has 1 amide bonds. The second-order valence-electron chi connectivity index (χ2n) is 11.5. The summed E-state index contributed by atoms with van der Waals surface area (Å²) in [5.41, 5.74) is 3.02. The number of carbonyl (C=O) groups is 6. The summed E-state index contributed by atoms with van der Waals surface area (Å²) in [6, 6.07) is 1.55. The molecule has 1 heterocycles. The van der Waals surface area contributed by atoms with Crippen LogP contribution in [0.25, 0.3) is 0 Å². The molecule has 2 saturated carbocycles. The number of primary amides is 1. The standard InChI is InChI=1S/C28H32N2O9/c1-30(2)22-16-11-13-10-15-14(18(32)9-12-5-7-39-8-6-12)3-4-17(31)20(15)23(33)19(13)25(35)28(16,38)26(36)21(24(22)34)27(29)37/h3-4,12-13,16,19,21-22,31,38H,5-11H2,1-2H3,(H2,29,37)/t13-,16-,19?,21?,22-,28-/m0/s1. The third kappa shape index (κ3) is 4.06. The molecule has 1 aromatic rings. The molecule has 0 bridgehead atoms. The van der Waals surface area contributed by atoms with Gasteiger partial charge in [0.15, 0.2) is 40.4 Å². The largest absolute Gasteiger partial charge is 0.507 e. The van der Waals surface area contributed by atoms with Crippen molar-refractivity contribution in [2.45, 2.75) is 43.7 Å². The van der Waals surface area contributed by atoms with Gasteiger partial charge in [0.2, 0.25) is 5.91 Å². The molecule has 6 atom stereocenters. The quantitative estimate of drug-likeness (QED) is 0.336. The molecule has 39 heavy (non-hydrogen) atoms. The maximum atomic E-state index is 13.8. The number of nitrogens with zero attached hydrogens (tertiary/aromatic N) is 1. The van der Waals surface area contributed by atoms with E-state index in [0.29, 0.717) is 24.3 Å². The number of phenols is 1. The molecule has 2 unspecified atom stereocenters. The number of phenolic OH excluding ortho intramolecular Hbond substituents is 1. The number of ether oxygens (including phenoxy) is 1. The molecule has 208 valence electrons. The molecule has 0 radical (unpaired) electrons. The maximum absolute atomic E-state index is 13.8. The molecule has 3 fully saturated rings. The molecule has 4 aliphatic rings. The van der Waals surface area contributed by atoms with E-state index < -0.39 is 70.1 Å². The van der Waals surface area contributed by atoms with E-state index in [-0.39, 0.29) is 36.5 Å². The number of aliphatic hydroxyl groups is 1. The monoisotopic (exact) mass is 540 g/mol. The van der Waals surface area contributed by atoms with Gasteiger partial charge in [0.25, 0.3) is 0 Å². The van der Waals surface area contributed by atoms with Crippen LogP contribution in [-0.2, 0) is 30.3 Å². The number of ketones is 5. The number of rotatable bonds is 5. The third-order valence-corrected chi connectivity index (χ3v) is 9.06. The lowest BCUT2D eigenvalue weighted by Gasteiger charge is -2.52. The lowest BCUT2D eigenvalue weighted by molar-refractivity contribution is -0.181. The Morgan fingerprint density at radius 3 is 2.38 bits per heavy atom. The summed E-state index contributed by atoms with van der Waals surface area (Å²) in [5.74, 6) is -11.2. The molecule has 1 saturated heterocycles. The fourth-order valence-corrected chi connectivity index (χ4v) is 7.19. The zero-order valence-corrected chi connectivity index (χ0v) is 21.8. The SMILES string of the molecule is CN(C)[C@@H]1C(=O)C(C(N)=O)C(=O)[C@@]2(O)C(=O)C3C(=O)c4c(O)ccc(C(=O)CC5CCOCC5)c4C[C@H]3C[C@@H]12. The third-order valence-electron chi connectivity index (χ3n) is 9.06. The van der Waals surface area contributed by atoms with Gasteiger partial charge < -0.3 is 20.7 Å². The van der Waals surface area contributed by atoms with Crippen molar-refractivity contribution in [3.8, 4) is 5.75 Å². The molecule has 3 aliphatic carbocycles. The number of benzene rings is 1. The molecule has 5 rings (SSSR count). The Hall–Kier alpha value is -3.28. The summed E-state index contributed by atoms with van der Waals surface area (Å²) in [6.07, 6.45) is 1.74. The fourth-order valence-electron chi connectivity index (χ4n) is 7.19. The van der Waals surface area contributed by atoms with Crippen LogP contribution in [-0.4, -0.2) is 88.9 Å². The molecule has 4 N–H and O–H groups in total. The van der Waals surface area contributed by atoms with Crippen molar-refractivity contribution in [3.63, 3.8) is 0 Å². The number of likely N-dealkylation sites (N-methyl/N-ethyl adjacent to an activating group) is 1. The van der Waals surface area contributed by atoms with Gasteiger partial charge in [-0.25, -0.2) is 0 Å². The first-order valence-electron chi connectivity index (χ1n) is 13.2. The van der Waals surface area contributed by atoms with Crippen molar-refractivity contribution in [2.75, 3.05) is 27.3 Å². The summed E-state index contributed by atoms with van der Waals surface area (Å²) in [6.45, 7) is 1.14. The van der Waals surface area contributed by atoms with Crippen molar-refractivity contribution >= 4 is 34.8 Å². The molecular weight excluding hydrogens is 508 g/mol. The van der Waals surface area contributed by atoms with E-state index in [1.807, 2.05) is 0 Å². The molecule has 11 heteroatoms. The Morgan fingerprint density at radius 2 is 1.77 bits per heavy atom. The van der Waals surface area contributed by atoms with E-state index in [1.54, 1.807) is 0 Å². The van der Waals surface area contributed by atoms with Gasteiger partial charge >= 0.3 is 0 Å². The summed E-state index contributed by atoms with van der Waals surface area (Å²) in [5, 5.41) is 22.3. The lowest BCUT2D eigenvalue weighted by Crippen LogP contribution is -2.74. The zero-order valence-electron chi connectivity index (χ0n) is 21.8. The minimum atomic E-state index is -2.77.